The molecule has 0 aromatic rings. The van der Waals surface area contributed by atoms with E-state index in [0.717, 1.165) is 0 Å². The number of ether oxygens (including phenoxy) is 2. The first-order valence-corrected chi connectivity index (χ1v) is 7.07. The van der Waals surface area contributed by atoms with Crippen molar-refractivity contribution in [2.45, 2.75) is 41.7 Å². The summed E-state index contributed by atoms with van der Waals surface area (Å²) in [4.78, 5) is 0. The zero-order chi connectivity index (χ0) is 23.3. The Hall–Kier alpha value is -1.13. The Morgan fingerprint density at radius 1 is 0.586 bits per heavy atom. The van der Waals surface area contributed by atoms with Gasteiger partial charge in [0, 0.05) is 5.92 Å². The minimum Gasteiger partial charge on any atom is -0.381 e. The molecule has 1 aliphatic rings. The topological polar surface area (TPSA) is 18.5 Å². The number of hydrogen-bond acceptors (Lipinski definition) is 2. The number of halogens is 15. The van der Waals surface area contributed by atoms with Crippen LogP contribution in [0, 0.1) is 5.92 Å². The van der Waals surface area contributed by atoms with Crippen molar-refractivity contribution in [3.8, 4) is 0 Å². The smallest absolute Gasteiger partial charge is 0.381 e. The molecule has 17 heteroatoms. The van der Waals surface area contributed by atoms with E-state index in [1.165, 1.54) is 0 Å². The summed E-state index contributed by atoms with van der Waals surface area (Å²) < 4.78 is 202. The molecule has 1 rings (SSSR count). The summed E-state index contributed by atoms with van der Waals surface area (Å²) in [5, 5.41) is 0. The Morgan fingerprint density at radius 2 is 0.966 bits per heavy atom. The molecule has 1 saturated heterocycles. The molecule has 0 N–H and O–H groups in total. The highest BCUT2D eigenvalue weighted by Crippen LogP contribution is 2.62. The van der Waals surface area contributed by atoms with Gasteiger partial charge in [0.05, 0.1) is 19.8 Å². The second-order valence-electron chi connectivity index (χ2n) is 5.99. The van der Waals surface area contributed by atoms with Crippen molar-refractivity contribution in [2.75, 3.05) is 26.4 Å². The molecule has 29 heavy (non-hydrogen) atoms. The quantitative estimate of drug-likeness (QED) is 0.441. The first-order chi connectivity index (χ1) is 12.6. The lowest BCUT2D eigenvalue weighted by Crippen LogP contribution is -2.73. The molecule has 0 amide bonds. The summed E-state index contributed by atoms with van der Waals surface area (Å²) in [7, 11) is 0. The SMILES string of the molecule is FC(F)(F)C(F)(F)C(F)(F)C(F)(F)C(F)(F)C(F)(F)C(F)(F)COCC1COC1. The Labute approximate surface area is 150 Å². The van der Waals surface area contributed by atoms with Gasteiger partial charge in [0.2, 0.25) is 0 Å². The van der Waals surface area contributed by atoms with Crippen molar-refractivity contribution >= 4 is 0 Å². The number of rotatable bonds is 9. The molecular formula is C12H9F15O2. The van der Waals surface area contributed by atoms with Crippen LogP contribution in [0.5, 0.6) is 0 Å². The van der Waals surface area contributed by atoms with Crippen molar-refractivity contribution in [2.24, 2.45) is 5.92 Å². The molecule has 0 aromatic heterocycles. The van der Waals surface area contributed by atoms with Crippen LogP contribution < -0.4 is 0 Å². The summed E-state index contributed by atoms with van der Waals surface area (Å²) in [6.07, 6.45) is -7.61. The van der Waals surface area contributed by atoms with Crippen LogP contribution in [0.1, 0.15) is 0 Å². The van der Waals surface area contributed by atoms with Gasteiger partial charge < -0.3 is 9.47 Å². The van der Waals surface area contributed by atoms with E-state index in [1.807, 2.05) is 0 Å². The lowest BCUT2D eigenvalue weighted by Gasteiger charge is -2.41. The van der Waals surface area contributed by atoms with Gasteiger partial charge in [-0.25, -0.2) is 0 Å². The third kappa shape index (κ3) is 3.83. The second-order valence-corrected chi connectivity index (χ2v) is 5.99. The van der Waals surface area contributed by atoms with Gasteiger partial charge in [-0.05, 0) is 0 Å². The highest BCUT2D eigenvalue weighted by molar-refractivity contribution is 5.13. The normalized spacial score (nSPS) is 18.7. The van der Waals surface area contributed by atoms with Crippen molar-refractivity contribution < 1.29 is 75.3 Å². The fourth-order valence-electron chi connectivity index (χ4n) is 1.82. The Bertz CT molecular complexity index is 578. The Kier molecular flexibility index (Phi) is 6.46. The summed E-state index contributed by atoms with van der Waals surface area (Å²) in [6.45, 7) is -3.86. The summed E-state index contributed by atoms with van der Waals surface area (Å²) in [6, 6.07) is 0. The zero-order valence-electron chi connectivity index (χ0n) is 13.4. The predicted octanol–water partition coefficient (Wildman–Crippen LogP) is 5.02. The fourth-order valence-corrected chi connectivity index (χ4v) is 1.82. The molecule has 0 atom stereocenters. The van der Waals surface area contributed by atoms with E-state index in [2.05, 4.69) is 9.47 Å². The molecule has 2 nitrogen and oxygen atoms in total. The van der Waals surface area contributed by atoms with E-state index in [4.69, 9.17) is 0 Å². The maximum absolute atomic E-state index is 13.4. The summed E-state index contributed by atoms with van der Waals surface area (Å²) in [5.74, 6) is -47.1. The number of hydrogen-bond donors (Lipinski definition) is 0. The predicted molar refractivity (Wildman–Crippen MR) is 60.9 cm³/mol. The zero-order valence-corrected chi connectivity index (χ0v) is 13.4. The van der Waals surface area contributed by atoms with Crippen LogP contribution in [0.25, 0.3) is 0 Å². The molecule has 0 bridgehead atoms. The van der Waals surface area contributed by atoms with Crippen LogP contribution in [-0.2, 0) is 9.47 Å². The van der Waals surface area contributed by atoms with Gasteiger partial charge in [-0.3, -0.25) is 0 Å². The van der Waals surface area contributed by atoms with Gasteiger partial charge in [-0.1, -0.05) is 0 Å². The van der Waals surface area contributed by atoms with Gasteiger partial charge >= 0.3 is 41.7 Å². The molecule has 0 radical (unpaired) electrons. The van der Waals surface area contributed by atoms with Gasteiger partial charge in [-0.2, -0.15) is 65.9 Å². The lowest BCUT2D eigenvalue weighted by atomic mass is 9.91. The van der Waals surface area contributed by atoms with Gasteiger partial charge in [0.15, 0.2) is 0 Å². The molecular weight excluding hydrogens is 461 g/mol. The third-order valence-corrected chi connectivity index (χ3v) is 3.74. The monoisotopic (exact) mass is 470 g/mol. The van der Waals surface area contributed by atoms with Crippen LogP contribution in [0.3, 0.4) is 0 Å². The molecule has 1 aliphatic heterocycles. The van der Waals surface area contributed by atoms with E-state index >= 15 is 0 Å². The van der Waals surface area contributed by atoms with Crippen molar-refractivity contribution in [1.29, 1.82) is 0 Å². The van der Waals surface area contributed by atoms with E-state index in [9.17, 15) is 65.9 Å². The molecule has 174 valence electrons. The number of alkyl halides is 15. The van der Waals surface area contributed by atoms with E-state index in [1.54, 1.807) is 0 Å². The Balaban J connectivity index is 3.22. The first-order valence-electron chi connectivity index (χ1n) is 7.07. The van der Waals surface area contributed by atoms with E-state index in [-0.39, 0.29) is 13.2 Å². The van der Waals surface area contributed by atoms with Gasteiger partial charge in [-0.15, -0.1) is 0 Å². The lowest BCUT2D eigenvalue weighted by molar-refractivity contribution is -0.453. The highest BCUT2D eigenvalue weighted by atomic mass is 19.4. The minimum absolute atomic E-state index is 0.130. The summed E-state index contributed by atoms with van der Waals surface area (Å²) >= 11 is 0. The average Bonchev–Trinajstić information content (AvgIpc) is 2.47. The van der Waals surface area contributed by atoms with E-state index < -0.39 is 60.8 Å². The van der Waals surface area contributed by atoms with Crippen LogP contribution in [0.2, 0.25) is 0 Å². The Morgan fingerprint density at radius 3 is 1.31 bits per heavy atom. The van der Waals surface area contributed by atoms with Crippen molar-refractivity contribution in [3.05, 3.63) is 0 Å². The average molecular weight is 470 g/mol. The molecule has 0 aliphatic carbocycles. The molecule has 0 unspecified atom stereocenters. The van der Waals surface area contributed by atoms with Crippen LogP contribution in [0.4, 0.5) is 65.9 Å². The second kappa shape index (κ2) is 7.23. The highest BCUT2D eigenvalue weighted by Gasteiger charge is 2.93. The first kappa shape index (κ1) is 25.9. The maximum atomic E-state index is 13.4. The van der Waals surface area contributed by atoms with Gasteiger partial charge in [0.1, 0.15) is 6.61 Å². The van der Waals surface area contributed by atoms with Crippen molar-refractivity contribution in [1.82, 2.24) is 0 Å². The fraction of sp³-hybridized carbons (Fsp3) is 1.00. The van der Waals surface area contributed by atoms with Gasteiger partial charge in [0.25, 0.3) is 0 Å². The van der Waals surface area contributed by atoms with Crippen molar-refractivity contribution in [3.63, 3.8) is 0 Å². The van der Waals surface area contributed by atoms with Crippen LogP contribution >= 0.6 is 0 Å². The maximum Gasteiger partial charge on any atom is 0.460 e. The molecule has 0 saturated carbocycles. The molecule has 1 heterocycles. The molecule has 0 aromatic carbocycles. The molecule has 1 fully saturated rings. The van der Waals surface area contributed by atoms with Crippen LogP contribution in [0.15, 0.2) is 0 Å². The minimum atomic E-state index is -8.27. The van der Waals surface area contributed by atoms with Crippen LogP contribution in [-0.4, -0.2) is 68.1 Å². The largest absolute Gasteiger partial charge is 0.460 e. The summed E-state index contributed by atoms with van der Waals surface area (Å²) in [5.41, 5.74) is 0. The third-order valence-electron chi connectivity index (χ3n) is 3.74. The molecule has 0 spiro atoms. The standard InChI is InChI=1S/C12H9F15O2/c13-6(14,4-29-3-5-1-28-2-5)7(15,16)8(17,18)9(19,20)10(21,22)11(23,24)12(25,26)27/h5H,1-4H2. The van der Waals surface area contributed by atoms with E-state index in [0.29, 0.717) is 0 Å².